The van der Waals surface area contributed by atoms with Crippen LogP contribution in [-0.4, -0.2) is 45.0 Å². The summed E-state index contributed by atoms with van der Waals surface area (Å²) in [5.41, 5.74) is 0.511. The summed E-state index contributed by atoms with van der Waals surface area (Å²) in [4.78, 5) is 14.8. The Kier molecular flexibility index (Phi) is 5.00. The van der Waals surface area contributed by atoms with Gasteiger partial charge in [-0.1, -0.05) is 24.3 Å². The Morgan fingerprint density at radius 1 is 1.03 bits per heavy atom. The number of halogens is 2. The van der Waals surface area contributed by atoms with E-state index in [0.717, 1.165) is 17.5 Å². The SMILES string of the molecule is O=C(CN1c2cccc3cccc(c23)S1(=O)=O)N1CCC(Oc2ccc(F)cc2F)CC1. The molecule has 0 spiro atoms. The lowest BCUT2D eigenvalue weighted by Gasteiger charge is -2.33. The monoisotopic (exact) mass is 458 g/mol. The van der Waals surface area contributed by atoms with E-state index in [1.54, 1.807) is 29.2 Å². The molecule has 3 aromatic rings. The van der Waals surface area contributed by atoms with Crippen molar-refractivity contribution >= 4 is 32.4 Å². The lowest BCUT2D eigenvalue weighted by atomic mass is 10.1. The van der Waals surface area contributed by atoms with Crippen LogP contribution in [0.15, 0.2) is 59.5 Å². The zero-order chi connectivity index (χ0) is 22.5. The third kappa shape index (κ3) is 3.46. The first-order valence-electron chi connectivity index (χ1n) is 10.3. The molecule has 0 N–H and O–H groups in total. The summed E-state index contributed by atoms with van der Waals surface area (Å²) in [7, 11) is -3.80. The lowest BCUT2D eigenvalue weighted by Crippen LogP contribution is -2.46. The maximum absolute atomic E-state index is 13.8. The Labute approximate surface area is 184 Å². The van der Waals surface area contributed by atoms with Gasteiger partial charge in [-0.3, -0.25) is 9.10 Å². The summed E-state index contributed by atoms with van der Waals surface area (Å²) in [6.07, 6.45) is 0.614. The highest BCUT2D eigenvalue weighted by molar-refractivity contribution is 7.93. The number of carbonyl (C=O) groups is 1. The first kappa shape index (κ1) is 20.7. The third-order valence-corrected chi connectivity index (χ3v) is 7.74. The second-order valence-electron chi connectivity index (χ2n) is 7.92. The number of piperidine rings is 1. The fourth-order valence-electron chi connectivity index (χ4n) is 4.32. The summed E-state index contributed by atoms with van der Waals surface area (Å²) < 4.78 is 59.8. The molecule has 9 heteroatoms. The zero-order valence-corrected chi connectivity index (χ0v) is 17.8. The van der Waals surface area contributed by atoms with E-state index in [1.807, 2.05) is 12.1 Å². The fourth-order valence-corrected chi connectivity index (χ4v) is 5.98. The fraction of sp³-hybridized carbons (Fsp3) is 0.261. The number of hydrogen-bond donors (Lipinski definition) is 0. The van der Waals surface area contributed by atoms with Gasteiger partial charge in [0.05, 0.1) is 10.6 Å². The van der Waals surface area contributed by atoms with Crippen LogP contribution in [0.1, 0.15) is 12.8 Å². The predicted octanol–water partition coefficient (Wildman–Crippen LogP) is 3.70. The van der Waals surface area contributed by atoms with Crippen molar-refractivity contribution in [3.8, 4) is 5.75 Å². The lowest BCUT2D eigenvalue weighted by molar-refractivity contribution is -0.131. The first-order valence-corrected chi connectivity index (χ1v) is 11.7. The molecule has 2 aliphatic heterocycles. The number of nitrogens with zero attached hydrogens (tertiary/aromatic N) is 2. The van der Waals surface area contributed by atoms with Crippen molar-refractivity contribution in [2.75, 3.05) is 23.9 Å². The summed E-state index contributed by atoms with van der Waals surface area (Å²) in [5.74, 6) is -1.77. The van der Waals surface area contributed by atoms with Crippen LogP contribution in [0.3, 0.4) is 0 Å². The Balaban J connectivity index is 1.26. The molecule has 0 saturated carbocycles. The molecular formula is C23H20F2N2O4S. The molecule has 0 radical (unpaired) electrons. The van der Waals surface area contributed by atoms with Gasteiger partial charge in [-0.2, -0.15) is 0 Å². The third-order valence-electron chi connectivity index (χ3n) is 5.94. The number of benzene rings is 3. The van der Waals surface area contributed by atoms with Crippen LogP contribution in [0, 0.1) is 11.6 Å². The minimum absolute atomic E-state index is 0.0230. The number of likely N-dealkylation sites (tertiary alicyclic amines) is 1. The van der Waals surface area contributed by atoms with Crippen LogP contribution in [0.5, 0.6) is 5.75 Å². The molecule has 0 bridgehead atoms. The number of amides is 1. The van der Waals surface area contributed by atoms with Crippen molar-refractivity contribution in [2.45, 2.75) is 23.8 Å². The maximum atomic E-state index is 13.8. The van der Waals surface area contributed by atoms with E-state index < -0.39 is 21.7 Å². The molecule has 2 aliphatic rings. The number of sulfonamides is 1. The van der Waals surface area contributed by atoms with Crippen LogP contribution < -0.4 is 9.04 Å². The molecule has 0 atom stereocenters. The number of carbonyl (C=O) groups excluding carboxylic acids is 1. The van der Waals surface area contributed by atoms with Crippen molar-refractivity contribution in [1.29, 1.82) is 0 Å². The van der Waals surface area contributed by atoms with Crippen LogP contribution in [0.2, 0.25) is 0 Å². The van der Waals surface area contributed by atoms with E-state index in [0.29, 0.717) is 37.0 Å². The van der Waals surface area contributed by atoms with Gasteiger partial charge in [0.15, 0.2) is 11.6 Å². The van der Waals surface area contributed by atoms with E-state index in [1.165, 1.54) is 10.4 Å². The molecule has 5 rings (SSSR count). The largest absolute Gasteiger partial charge is 0.487 e. The normalized spacial score (nSPS) is 17.7. The molecule has 1 saturated heterocycles. The number of rotatable bonds is 4. The molecular weight excluding hydrogens is 438 g/mol. The summed E-state index contributed by atoms with van der Waals surface area (Å²) in [5, 5.41) is 1.45. The Morgan fingerprint density at radius 2 is 1.75 bits per heavy atom. The molecule has 0 aromatic heterocycles. The van der Waals surface area contributed by atoms with Crippen molar-refractivity contribution < 1.29 is 26.7 Å². The van der Waals surface area contributed by atoms with Crippen molar-refractivity contribution in [2.24, 2.45) is 0 Å². The average Bonchev–Trinajstić information content (AvgIpc) is 2.99. The van der Waals surface area contributed by atoms with Crippen LogP contribution >= 0.6 is 0 Å². The van der Waals surface area contributed by atoms with Gasteiger partial charge in [0.1, 0.15) is 18.5 Å². The maximum Gasteiger partial charge on any atom is 0.265 e. The highest BCUT2D eigenvalue weighted by Crippen LogP contribution is 2.41. The minimum atomic E-state index is -3.80. The summed E-state index contributed by atoms with van der Waals surface area (Å²) in [6, 6.07) is 13.6. The first-order chi connectivity index (χ1) is 15.3. The van der Waals surface area contributed by atoms with Gasteiger partial charge in [-0.25, -0.2) is 17.2 Å². The number of hydrogen-bond acceptors (Lipinski definition) is 4. The smallest absolute Gasteiger partial charge is 0.265 e. The Hall–Kier alpha value is -3.20. The number of ether oxygens (including phenoxy) is 1. The van der Waals surface area contributed by atoms with Crippen LogP contribution in [0.25, 0.3) is 10.8 Å². The van der Waals surface area contributed by atoms with E-state index >= 15 is 0 Å². The molecule has 0 unspecified atom stereocenters. The van der Waals surface area contributed by atoms with Crippen LogP contribution in [-0.2, 0) is 14.8 Å². The Bertz CT molecular complexity index is 1320. The predicted molar refractivity (Wildman–Crippen MR) is 115 cm³/mol. The molecule has 0 aliphatic carbocycles. The van der Waals surface area contributed by atoms with Gasteiger partial charge in [0, 0.05) is 37.4 Å². The molecule has 32 heavy (non-hydrogen) atoms. The van der Waals surface area contributed by atoms with Crippen molar-refractivity contribution in [3.63, 3.8) is 0 Å². The Morgan fingerprint density at radius 3 is 2.47 bits per heavy atom. The molecule has 1 amide bonds. The quantitative estimate of drug-likeness (QED) is 0.598. The topological polar surface area (TPSA) is 66.9 Å². The standard InChI is InChI=1S/C23H20F2N2O4S/c24-16-7-8-20(18(25)13-16)31-17-9-11-26(12-10-17)22(28)14-27-19-5-1-3-15-4-2-6-21(23(15)19)32(27,29)30/h1-8,13,17H,9-12,14H2. The van der Waals surface area contributed by atoms with Gasteiger partial charge in [-0.05, 0) is 29.7 Å². The second kappa shape index (κ2) is 7.74. The molecule has 166 valence electrons. The second-order valence-corrected chi connectivity index (χ2v) is 9.75. The minimum Gasteiger partial charge on any atom is -0.487 e. The molecule has 6 nitrogen and oxygen atoms in total. The zero-order valence-electron chi connectivity index (χ0n) is 17.0. The van der Waals surface area contributed by atoms with Gasteiger partial charge in [0.2, 0.25) is 5.91 Å². The van der Waals surface area contributed by atoms with Crippen LogP contribution in [0.4, 0.5) is 14.5 Å². The van der Waals surface area contributed by atoms with Gasteiger partial charge in [-0.15, -0.1) is 0 Å². The van der Waals surface area contributed by atoms with Crippen molar-refractivity contribution in [1.82, 2.24) is 4.90 Å². The molecule has 1 fully saturated rings. The summed E-state index contributed by atoms with van der Waals surface area (Å²) in [6.45, 7) is 0.433. The average molecular weight is 458 g/mol. The van der Waals surface area contributed by atoms with Gasteiger partial charge < -0.3 is 9.64 Å². The number of anilines is 1. The highest BCUT2D eigenvalue weighted by atomic mass is 32.2. The van der Waals surface area contributed by atoms with E-state index in [9.17, 15) is 22.0 Å². The van der Waals surface area contributed by atoms with Gasteiger partial charge in [0.25, 0.3) is 10.0 Å². The van der Waals surface area contributed by atoms with E-state index in [2.05, 4.69) is 0 Å². The van der Waals surface area contributed by atoms with Gasteiger partial charge >= 0.3 is 0 Å². The van der Waals surface area contributed by atoms with E-state index in [4.69, 9.17) is 4.74 Å². The highest BCUT2D eigenvalue weighted by Gasteiger charge is 2.38. The van der Waals surface area contributed by atoms with E-state index in [-0.39, 0.29) is 29.2 Å². The molecule has 2 heterocycles. The molecule has 3 aromatic carbocycles. The van der Waals surface area contributed by atoms with Crippen molar-refractivity contribution in [3.05, 3.63) is 66.2 Å². The summed E-state index contributed by atoms with van der Waals surface area (Å²) >= 11 is 0.